The molecule has 1 fully saturated rings. The van der Waals surface area contributed by atoms with Crippen LogP contribution >= 0.6 is 0 Å². The number of ether oxygens (including phenoxy) is 1. The fourth-order valence-electron chi connectivity index (χ4n) is 4.68. The number of hydrogen-bond acceptors (Lipinski definition) is 4. The van der Waals surface area contributed by atoms with Gasteiger partial charge in [-0.1, -0.05) is 60.7 Å². The fraction of sp³-hybridized carbons (Fsp3) is 0.133. The number of benzene rings is 4. The lowest BCUT2D eigenvalue weighted by Crippen LogP contribution is -2.30. The Kier molecular flexibility index (Phi) is 5.61. The number of carbonyl (C=O) groups excluding carboxylic acids is 2. The third kappa shape index (κ3) is 3.85. The van der Waals surface area contributed by atoms with Gasteiger partial charge in [0.2, 0.25) is 0 Å². The van der Waals surface area contributed by atoms with Gasteiger partial charge in [0.15, 0.2) is 0 Å². The van der Waals surface area contributed by atoms with Crippen molar-refractivity contribution in [2.24, 2.45) is 0 Å². The van der Waals surface area contributed by atoms with Crippen molar-refractivity contribution < 1.29 is 19.4 Å². The summed E-state index contributed by atoms with van der Waals surface area (Å²) in [7, 11) is 1.57. The first-order valence-corrected chi connectivity index (χ1v) is 11.4. The molecule has 0 aliphatic carbocycles. The van der Waals surface area contributed by atoms with Crippen molar-refractivity contribution in [1.82, 2.24) is 0 Å². The lowest BCUT2D eigenvalue weighted by atomic mass is 9.94. The van der Waals surface area contributed by atoms with Gasteiger partial charge < -0.3 is 9.84 Å². The highest BCUT2D eigenvalue weighted by molar-refractivity contribution is 6.51. The van der Waals surface area contributed by atoms with Crippen LogP contribution in [-0.2, 0) is 9.59 Å². The molecule has 0 radical (unpaired) electrons. The summed E-state index contributed by atoms with van der Waals surface area (Å²) in [5, 5.41) is 13.4. The van der Waals surface area contributed by atoms with Crippen molar-refractivity contribution in [3.63, 3.8) is 0 Å². The monoisotopic (exact) mass is 463 g/mol. The van der Waals surface area contributed by atoms with E-state index in [0.717, 1.165) is 21.9 Å². The van der Waals surface area contributed by atoms with E-state index in [1.807, 2.05) is 80.6 Å². The van der Waals surface area contributed by atoms with Gasteiger partial charge in [-0.3, -0.25) is 14.5 Å². The second-order valence-electron chi connectivity index (χ2n) is 8.80. The fourth-order valence-corrected chi connectivity index (χ4v) is 4.68. The summed E-state index contributed by atoms with van der Waals surface area (Å²) in [5.41, 5.74) is 3.67. The summed E-state index contributed by atoms with van der Waals surface area (Å²) < 4.78 is 5.41. The molecule has 1 atom stereocenters. The van der Waals surface area contributed by atoms with E-state index >= 15 is 0 Å². The predicted octanol–water partition coefficient (Wildman–Crippen LogP) is 6.09. The number of rotatable bonds is 4. The Balaban J connectivity index is 1.76. The first-order valence-electron chi connectivity index (χ1n) is 11.4. The van der Waals surface area contributed by atoms with Crippen LogP contribution in [0.15, 0.2) is 90.5 Å². The largest absolute Gasteiger partial charge is 0.507 e. The summed E-state index contributed by atoms with van der Waals surface area (Å²) >= 11 is 0. The maximum Gasteiger partial charge on any atom is 0.300 e. The number of aliphatic hydroxyl groups is 1. The quantitative estimate of drug-likeness (QED) is 0.226. The molecule has 5 nitrogen and oxygen atoms in total. The second kappa shape index (κ2) is 8.76. The third-order valence-electron chi connectivity index (χ3n) is 6.50. The zero-order valence-corrected chi connectivity index (χ0v) is 19.8. The van der Waals surface area contributed by atoms with E-state index < -0.39 is 17.7 Å². The number of aliphatic hydroxyl groups excluding tert-OH is 1. The van der Waals surface area contributed by atoms with Crippen molar-refractivity contribution in [2.75, 3.05) is 12.0 Å². The number of Topliss-reactive ketones (excluding diaryl/α,β-unsaturated/α-hetero) is 1. The zero-order valence-electron chi connectivity index (χ0n) is 19.8. The Morgan fingerprint density at radius 2 is 1.63 bits per heavy atom. The molecule has 4 aromatic carbocycles. The van der Waals surface area contributed by atoms with E-state index in [9.17, 15) is 14.7 Å². The molecule has 1 aliphatic heterocycles. The second-order valence-corrected chi connectivity index (χ2v) is 8.80. The molecular weight excluding hydrogens is 438 g/mol. The van der Waals surface area contributed by atoms with Crippen molar-refractivity contribution in [1.29, 1.82) is 0 Å². The molecule has 5 heteroatoms. The standard InChI is InChI=1S/C30H25NO4/c1-18-11-12-19(2)25(15-18)31-27(22-9-6-10-24(17-22)35-3)26(29(33)30(31)34)28(32)23-14-13-20-7-4-5-8-21(20)16-23/h4-17,27,32H,1-3H3/b28-26-. The lowest BCUT2D eigenvalue weighted by molar-refractivity contribution is -0.132. The van der Waals surface area contributed by atoms with Gasteiger partial charge in [0, 0.05) is 11.3 Å². The Labute approximate surface area is 203 Å². The van der Waals surface area contributed by atoms with Gasteiger partial charge in [-0.05, 0) is 65.6 Å². The number of fused-ring (bicyclic) bond motifs is 1. The van der Waals surface area contributed by atoms with Crippen LogP contribution < -0.4 is 9.64 Å². The smallest absolute Gasteiger partial charge is 0.300 e. The minimum Gasteiger partial charge on any atom is -0.507 e. The normalized spacial score (nSPS) is 17.2. The summed E-state index contributed by atoms with van der Waals surface area (Å²) in [5.74, 6) is -0.993. The number of anilines is 1. The van der Waals surface area contributed by atoms with E-state index in [4.69, 9.17) is 4.74 Å². The highest BCUT2D eigenvalue weighted by atomic mass is 16.5. The van der Waals surface area contributed by atoms with Crippen molar-refractivity contribution >= 4 is 33.9 Å². The molecule has 174 valence electrons. The van der Waals surface area contributed by atoms with Gasteiger partial charge in [-0.25, -0.2) is 0 Å². The summed E-state index contributed by atoms with van der Waals surface area (Å²) in [6, 6.07) is 25.5. The SMILES string of the molecule is COc1cccc(C2/C(=C(/O)c3ccc4ccccc4c3)C(=O)C(=O)N2c2cc(C)ccc2C)c1. The Hall–Kier alpha value is -4.38. The van der Waals surface area contributed by atoms with Gasteiger partial charge >= 0.3 is 0 Å². The maximum absolute atomic E-state index is 13.5. The van der Waals surface area contributed by atoms with E-state index in [2.05, 4.69) is 0 Å². The topological polar surface area (TPSA) is 66.8 Å². The minimum atomic E-state index is -0.808. The average molecular weight is 464 g/mol. The van der Waals surface area contributed by atoms with Crippen LogP contribution in [0, 0.1) is 13.8 Å². The van der Waals surface area contributed by atoms with Gasteiger partial charge in [0.1, 0.15) is 11.5 Å². The number of hydrogen-bond donors (Lipinski definition) is 1. The minimum absolute atomic E-state index is 0.0550. The van der Waals surface area contributed by atoms with Crippen molar-refractivity contribution in [2.45, 2.75) is 19.9 Å². The molecule has 0 spiro atoms. The molecule has 1 saturated heterocycles. The first kappa shape index (κ1) is 22.4. The number of aryl methyl sites for hydroxylation is 2. The summed E-state index contributed by atoms with van der Waals surface area (Å²) in [6.07, 6.45) is 0. The number of carbonyl (C=O) groups is 2. The molecule has 0 bridgehead atoms. The Morgan fingerprint density at radius 1 is 0.857 bits per heavy atom. The van der Waals surface area contributed by atoms with E-state index in [1.165, 1.54) is 4.90 Å². The highest BCUT2D eigenvalue weighted by Crippen LogP contribution is 2.44. The van der Waals surface area contributed by atoms with Crippen LogP contribution in [0.2, 0.25) is 0 Å². The van der Waals surface area contributed by atoms with Crippen molar-refractivity contribution in [3.05, 3.63) is 113 Å². The van der Waals surface area contributed by atoms with E-state index in [-0.39, 0.29) is 11.3 Å². The highest BCUT2D eigenvalue weighted by Gasteiger charge is 2.47. The third-order valence-corrected chi connectivity index (χ3v) is 6.50. The van der Waals surface area contributed by atoms with E-state index in [0.29, 0.717) is 22.6 Å². The Bertz CT molecular complexity index is 1520. The molecule has 0 aromatic heterocycles. The first-order chi connectivity index (χ1) is 16.9. The van der Waals surface area contributed by atoms with Gasteiger partial charge in [-0.2, -0.15) is 0 Å². The molecule has 4 aromatic rings. The Morgan fingerprint density at radius 3 is 2.40 bits per heavy atom. The van der Waals surface area contributed by atoms with Gasteiger partial charge in [0.05, 0.1) is 18.7 Å². The number of ketones is 1. The molecular formula is C30H25NO4. The number of nitrogens with zero attached hydrogens (tertiary/aromatic N) is 1. The molecule has 0 saturated carbocycles. The van der Waals surface area contributed by atoms with Crippen LogP contribution in [0.3, 0.4) is 0 Å². The lowest BCUT2D eigenvalue weighted by Gasteiger charge is -2.27. The number of methoxy groups -OCH3 is 1. The van der Waals surface area contributed by atoms with Crippen LogP contribution in [0.1, 0.15) is 28.3 Å². The molecule has 1 N–H and O–H groups in total. The molecule has 1 unspecified atom stereocenters. The van der Waals surface area contributed by atoms with E-state index in [1.54, 1.807) is 25.3 Å². The molecule has 1 amide bonds. The predicted molar refractivity (Wildman–Crippen MR) is 138 cm³/mol. The van der Waals surface area contributed by atoms with Crippen LogP contribution in [0.25, 0.3) is 16.5 Å². The van der Waals surface area contributed by atoms with Crippen LogP contribution in [0.4, 0.5) is 5.69 Å². The number of amides is 1. The van der Waals surface area contributed by atoms with Gasteiger partial charge in [-0.15, -0.1) is 0 Å². The van der Waals surface area contributed by atoms with Crippen LogP contribution in [-0.4, -0.2) is 23.9 Å². The molecule has 35 heavy (non-hydrogen) atoms. The summed E-state index contributed by atoms with van der Waals surface area (Å²) in [6.45, 7) is 3.84. The average Bonchev–Trinajstić information content (AvgIpc) is 3.15. The zero-order chi connectivity index (χ0) is 24.7. The van der Waals surface area contributed by atoms with Crippen molar-refractivity contribution in [3.8, 4) is 5.75 Å². The molecule has 1 heterocycles. The molecule has 5 rings (SSSR count). The molecule has 1 aliphatic rings. The maximum atomic E-state index is 13.5. The summed E-state index contributed by atoms with van der Waals surface area (Å²) in [4.78, 5) is 28.4. The van der Waals surface area contributed by atoms with Crippen LogP contribution in [0.5, 0.6) is 5.75 Å². The van der Waals surface area contributed by atoms with Gasteiger partial charge in [0.25, 0.3) is 11.7 Å².